The smallest absolute Gasteiger partial charge is 0.0774 e. The number of likely N-dealkylation sites (N-methyl/N-ethyl adjacent to an activating group) is 1. The van der Waals surface area contributed by atoms with Gasteiger partial charge in [0.05, 0.1) is 5.60 Å². The van der Waals surface area contributed by atoms with E-state index in [1.807, 2.05) is 0 Å². The Morgan fingerprint density at radius 3 is 2.43 bits per heavy atom. The minimum absolute atomic E-state index is 0.374. The molecule has 0 radical (unpaired) electrons. The highest BCUT2D eigenvalue weighted by Gasteiger charge is 2.29. The topological polar surface area (TPSA) is 23.5 Å². The summed E-state index contributed by atoms with van der Waals surface area (Å²) in [6.45, 7) is 4.20. The largest absolute Gasteiger partial charge is 0.389 e. The first-order valence-electron chi connectivity index (χ1n) is 6.07. The number of hydrogen-bond acceptors (Lipinski definition) is 2. The van der Waals surface area contributed by atoms with Gasteiger partial charge in [-0.25, -0.2) is 0 Å². The molecule has 1 saturated carbocycles. The summed E-state index contributed by atoms with van der Waals surface area (Å²) in [5.74, 6) is 0. The van der Waals surface area contributed by atoms with E-state index in [1.165, 1.54) is 32.1 Å². The summed E-state index contributed by atoms with van der Waals surface area (Å²) >= 11 is 0. The Labute approximate surface area is 88.3 Å². The minimum atomic E-state index is -0.374. The van der Waals surface area contributed by atoms with Crippen LogP contribution in [0.4, 0.5) is 0 Å². The number of unbranched alkanes of at least 4 members (excludes halogenated alkanes) is 1. The molecule has 1 aliphatic carbocycles. The number of hydrogen-bond donors (Lipinski definition) is 1. The number of aliphatic hydroxyl groups is 1. The molecule has 0 aromatic rings. The van der Waals surface area contributed by atoms with Crippen LogP contribution in [0.3, 0.4) is 0 Å². The van der Waals surface area contributed by atoms with Gasteiger partial charge in [-0.05, 0) is 32.9 Å². The van der Waals surface area contributed by atoms with Crippen LogP contribution in [-0.2, 0) is 0 Å². The van der Waals surface area contributed by atoms with E-state index in [0.717, 1.165) is 25.9 Å². The van der Waals surface area contributed by atoms with E-state index in [2.05, 4.69) is 18.9 Å². The Bertz CT molecular complexity index is 152. The third-order valence-corrected chi connectivity index (χ3v) is 3.24. The fraction of sp³-hybridized carbons (Fsp3) is 1.00. The Kier molecular flexibility index (Phi) is 4.90. The van der Waals surface area contributed by atoms with Gasteiger partial charge in [-0.2, -0.15) is 0 Å². The maximum atomic E-state index is 10.3. The average molecular weight is 199 g/mol. The molecule has 0 heterocycles. The molecule has 2 nitrogen and oxygen atoms in total. The second kappa shape index (κ2) is 5.72. The molecule has 0 aromatic heterocycles. The summed E-state index contributed by atoms with van der Waals surface area (Å²) < 4.78 is 0. The highest BCUT2D eigenvalue weighted by Crippen LogP contribution is 2.28. The maximum Gasteiger partial charge on any atom is 0.0774 e. The highest BCUT2D eigenvalue weighted by molar-refractivity contribution is 4.84. The van der Waals surface area contributed by atoms with E-state index in [-0.39, 0.29) is 5.60 Å². The van der Waals surface area contributed by atoms with Crippen LogP contribution in [0.15, 0.2) is 0 Å². The second-order valence-corrected chi connectivity index (χ2v) is 4.88. The zero-order chi connectivity index (χ0) is 10.4. The standard InChI is InChI=1S/C12H25NO/c1-3-4-10-13(2)11-12(14)8-6-5-7-9-12/h14H,3-11H2,1-2H3. The van der Waals surface area contributed by atoms with E-state index < -0.39 is 0 Å². The average Bonchev–Trinajstić information content (AvgIpc) is 2.15. The lowest BCUT2D eigenvalue weighted by Crippen LogP contribution is -2.43. The van der Waals surface area contributed by atoms with Crippen molar-refractivity contribution >= 4 is 0 Å². The van der Waals surface area contributed by atoms with Crippen LogP contribution in [0.2, 0.25) is 0 Å². The lowest BCUT2D eigenvalue weighted by Gasteiger charge is -2.35. The molecular weight excluding hydrogens is 174 g/mol. The zero-order valence-corrected chi connectivity index (χ0v) is 9.76. The summed E-state index contributed by atoms with van der Waals surface area (Å²) in [6, 6.07) is 0. The molecule has 0 bridgehead atoms. The first-order valence-corrected chi connectivity index (χ1v) is 6.07. The Hall–Kier alpha value is -0.0800. The number of nitrogens with zero attached hydrogens (tertiary/aromatic N) is 1. The maximum absolute atomic E-state index is 10.3. The molecule has 1 fully saturated rings. The van der Waals surface area contributed by atoms with Crippen molar-refractivity contribution in [3.05, 3.63) is 0 Å². The molecule has 0 amide bonds. The van der Waals surface area contributed by atoms with Crippen LogP contribution in [0.5, 0.6) is 0 Å². The molecular formula is C12H25NO. The summed E-state index contributed by atoms with van der Waals surface area (Å²) in [5, 5.41) is 10.3. The predicted molar refractivity (Wildman–Crippen MR) is 60.4 cm³/mol. The molecule has 0 spiro atoms. The Morgan fingerprint density at radius 1 is 1.21 bits per heavy atom. The SMILES string of the molecule is CCCCN(C)CC1(O)CCCCC1. The van der Waals surface area contributed by atoms with Crippen LogP contribution < -0.4 is 0 Å². The lowest BCUT2D eigenvalue weighted by atomic mass is 9.84. The van der Waals surface area contributed by atoms with Crippen molar-refractivity contribution in [3.8, 4) is 0 Å². The van der Waals surface area contributed by atoms with Gasteiger partial charge in [-0.1, -0.05) is 32.6 Å². The summed E-state index contributed by atoms with van der Waals surface area (Å²) in [4.78, 5) is 2.29. The van der Waals surface area contributed by atoms with Crippen molar-refractivity contribution < 1.29 is 5.11 Å². The van der Waals surface area contributed by atoms with E-state index >= 15 is 0 Å². The monoisotopic (exact) mass is 199 g/mol. The fourth-order valence-corrected chi connectivity index (χ4v) is 2.38. The van der Waals surface area contributed by atoms with Crippen LogP contribution >= 0.6 is 0 Å². The second-order valence-electron chi connectivity index (χ2n) is 4.88. The van der Waals surface area contributed by atoms with Crippen LogP contribution in [0.1, 0.15) is 51.9 Å². The molecule has 1 rings (SSSR count). The number of rotatable bonds is 5. The first kappa shape index (κ1) is 12.0. The summed E-state index contributed by atoms with van der Waals surface area (Å²) in [7, 11) is 2.13. The van der Waals surface area contributed by atoms with Crippen molar-refractivity contribution in [2.24, 2.45) is 0 Å². The van der Waals surface area contributed by atoms with Crippen LogP contribution in [0, 0.1) is 0 Å². The quantitative estimate of drug-likeness (QED) is 0.735. The highest BCUT2D eigenvalue weighted by atomic mass is 16.3. The van der Waals surface area contributed by atoms with Gasteiger partial charge in [0.15, 0.2) is 0 Å². The molecule has 0 aromatic carbocycles. The molecule has 0 unspecified atom stereocenters. The van der Waals surface area contributed by atoms with Gasteiger partial charge in [-0.3, -0.25) is 0 Å². The van der Waals surface area contributed by atoms with Crippen molar-refractivity contribution in [2.75, 3.05) is 20.1 Å². The van der Waals surface area contributed by atoms with Crippen molar-refractivity contribution in [1.29, 1.82) is 0 Å². The molecule has 2 heteroatoms. The van der Waals surface area contributed by atoms with E-state index in [1.54, 1.807) is 0 Å². The van der Waals surface area contributed by atoms with Crippen LogP contribution in [-0.4, -0.2) is 35.7 Å². The molecule has 1 aliphatic rings. The third kappa shape index (κ3) is 3.97. The van der Waals surface area contributed by atoms with Crippen LogP contribution in [0.25, 0.3) is 0 Å². The van der Waals surface area contributed by atoms with Crippen molar-refractivity contribution in [2.45, 2.75) is 57.5 Å². The normalized spacial score (nSPS) is 21.4. The third-order valence-electron chi connectivity index (χ3n) is 3.24. The zero-order valence-electron chi connectivity index (χ0n) is 9.76. The molecule has 0 saturated heterocycles. The molecule has 0 atom stereocenters. The molecule has 0 aliphatic heterocycles. The predicted octanol–water partition coefficient (Wildman–Crippen LogP) is 2.41. The van der Waals surface area contributed by atoms with E-state index in [9.17, 15) is 5.11 Å². The van der Waals surface area contributed by atoms with Gasteiger partial charge >= 0.3 is 0 Å². The molecule has 14 heavy (non-hydrogen) atoms. The Balaban J connectivity index is 2.25. The first-order chi connectivity index (χ1) is 6.66. The summed E-state index contributed by atoms with van der Waals surface area (Å²) in [5.41, 5.74) is -0.374. The molecule has 84 valence electrons. The van der Waals surface area contributed by atoms with Gasteiger partial charge in [0.1, 0.15) is 0 Å². The van der Waals surface area contributed by atoms with E-state index in [0.29, 0.717) is 0 Å². The van der Waals surface area contributed by atoms with Crippen molar-refractivity contribution in [3.63, 3.8) is 0 Å². The minimum Gasteiger partial charge on any atom is -0.389 e. The van der Waals surface area contributed by atoms with Gasteiger partial charge in [-0.15, -0.1) is 0 Å². The fourth-order valence-electron chi connectivity index (χ4n) is 2.38. The Morgan fingerprint density at radius 2 is 1.86 bits per heavy atom. The lowest BCUT2D eigenvalue weighted by molar-refractivity contribution is -0.0209. The van der Waals surface area contributed by atoms with Gasteiger partial charge < -0.3 is 10.0 Å². The van der Waals surface area contributed by atoms with Gasteiger partial charge in [0.2, 0.25) is 0 Å². The van der Waals surface area contributed by atoms with Gasteiger partial charge in [0.25, 0.3) is 0 Å². The summed E-state index contributed by atoms with van der Waals surface area (Å²) in [6.07, 6.45) is 8.21. The van der Waals surface area contributed by atoms with Crippen molar-refractivity contribution in [1.82, 2.24) is 4.90 Å². The van der Waals surface area contributed by atoms with E-state index in [4.69, 9.17) is 0 Å². The molecule has 1 N–H and O–H groups in total. The van der Waals surface area contributed by atoms with Gasteiger partial charge in [0, 0.05) is 6.54 Å².